The number of carbonyl (C=O) groups excluding carboxylic acids is 3. The molecule has 1 fully saturated rings. The maximum atomic E-state index is 11.4. The van der Waals surface area contributed by atoms with Gasteiger partial charge >= 0.3 is 17.9 Å². The highest BCUT2D eigenvalue weighted by molar-refractivity contribution is 5.76. The van der Waals surface area contributed by atoms with Crippen molar-refractivity contribution in [2.24, 2.45) is 0 Å². The molecule has 0 N–H and O–H groups in total. The van der Waals surface area contributed by atoms with E-state index in [0.29, 0.717) is 0 Å². The molecule has 3 atom stereocenters. The van der Waals surface area contributed by atoms with E-state index in [1.807, 2.05) is 0 Å². The minimum absolute atomic E-state index is 0.0666. The molecule has 0 bridgehead atoms. The molecule has 1 aliphatic heterocycles. The summed E-state index contributed by atoms with van der Waals surface area (Å²) < 4.78 is 19.7. The van der Waals surface area contributed by atoms with Crippen molar-refractivity contribution in [3.05, 3.63) is 0 Å². The highest BCUT2D eigenvalue weighted by atomic mass is 16.6. The summed E-state index contributed by atoms with van der Waals surface area (Å²) in [4.78, 5) is 33.2. The first-order valence-electron chi connectivity index (χ1n) is 5.48. The van der Waals surface area contributed by atoms with E-state index < -0.39 is 36.2 Å². The third kappa shape index (κ3) is 3.99. The fraction of sp³-hybridized carbons (Fsp3) is 0.727. The van der Waals surface area contributed by atoms with Crippen molar-refractivity contribution in [1.29, 1.82) is 0 Å². The van der Waals surface area contributed by atoms with Gasteiger partial charge in [-0.3, -0.25) is 9.59 Å². The predicted molar refractivity (Wildman–Crippen MR) is 57.5 cm³/mol. The molecule has 0 amide bonds. The number of ether oxygens (including phenoxy) is 4. The molecule has 0 aromatic carbocycles. The maximum absolute atomic E-state index is 11.4. The van der Waals surface area contributed by atoms with Gasteiger partial charge in [0.2, 0.25) is 0 Å². The zero-order valence-corrected chi connectivity index (χ0v) is 10.5. The standard InChI is InChI=1S/C11H16O7/c1-6(12)17-8-4-9(18-7(2)13)10(16-5-8)11(14)15-3/h8-10H,4-5H2,1-3H3/t8-,9+,10+/m1/s1. The van der Waals surface area contributed by atoms with Crippen LogP contribution in [0.15, 0.2) is 0 Å². The molecule has 18 heavy (non-hydrogen) atoms. The summed E-state index contributed by atoms with van der Waals surface area (Å²) in [6.07, 6.45) is -2.12. The molecule has 0 aliphatic carbocycles. The lowest BCUT2D eigenvalue weighted by molar-refractivity contribution is -0.193. The van der Waals surface area contributed by atoms with Gasteiger partial charge in [0.05, 0.1) is 13.7 Å². The highest BCUT2D eigenvalue weighted by Gasteiger charge is 2.40. The smallest absolute Gasteiger partial charge is 0.338 e. The van der Waals surface area contributed by atoms with E-state index in [1.54, 1.807) is 0 Å². The fourth-order valence-electron chi connectivity index (χ4n) is 1.74. The Labute approximate surface area is 104 Å². The molecule has 7 nitrogen and oxygen atoms in total. The summed E-state index contributed by atoms with van der Waals surface area (Å²) in [5.74, 6) is -1.62. The third-order valence-electron chi connectivity index (χ3n) is 2.38. The Bertz CT molecular complexity index is 338. The maximum Gasteiger partial charge on any atom is 0.338 e. The molecule has 0 radical (unpaired) electrons. The van der Waals surface area contributed by atoms with Crippen LogP contribution >= 0.6 is 0 Å². The van der Waals surface area contributed by atoms with E-state index in [9.17, 15) is 14.4 Å². The molecule has 1 aliphatic rings. The first-order chi connectivity index (χ1) is 8.43. The van der Waals surface area contributed by atoms with Crippen LogP contribution in [0.4, 0.5) is 0 Å². The van der Waals surface area contributed by atoms with Crippen molar-refractivity contribution in [2.45, 2.75) is 38.6 Å². The Balaban J connectivity index is 2.69. The zero-order chi connectivity index (χ0) is 13.7. The fourth-order valence-corrected chi connectivity index (χ4v) is 1.74. The van der Waals surface area contributed by atoms with Gasteiger partial charge < -0.3 is 18.9 Å². The van der Waals surface area contributed by atoms with Crippen LogP contribution in [0, 0.1) is 0 Å². The van der Waals surface area contributed by atoms with Gasteiger partial charge in [-0.05, 0) is 0 Å². The van der Waals surface area contributed by atoms with Gasteiger partial charge in [-0.2, -0.15) is 0 Å². The van der Waals surface area contributed by atoms with E-state index in [1.165, 1.54) is 21.0 Å². The van der Waals surface area contributed by atoms with E-state index in [-0.39, 0.29) is 13.0 Å². The summed E-state index contributed by atoms with van der Waals surface area (Å²) in [6.45, 7) is 2.56. The van der Waals surface area contributed by atoms with Crippen molar-refractivity contribution in [1.82, 2.24) is 0 Å². The normalized spacial score (nSPS) is 27.2. The van der Waals surface area contributed by atoms with Gasteiger partial charge in [-0.25, -0.2) is 4.79 Å². The van der Waals surface area contributed by atoms with Crippen molar-refractivity contribution < 1.29 is 33.3 Å². The van der Waals surface area contributed by atoms with Gasteiger partial charge in [0.25, 0.3) is 0 Å². The summed E-state index contributed by atoms with van der Waals surface area (Å²) in [6, 6.07) is 0. The number of hydrogen-bond donors (Lipinski definition) is 0. The molecule has 0 aromatic rings. The molecule has 1 heterocycles. The molecule has 0 saturated carbocycles. The SMILES string of the molecule is COC(=O)[C@H]1OC[C@H](OC(C)=O)C[C@@H]1OC(C)=O. The molecule has 0 unspecified atom stereocenters. The molecule has 7 heteroatoms. The number of methoxy groups -OCH3 is 1. The van der Waals surface area contributed by atoms with Gasteiger partial charge in [-0.1, -0.05) is 0 Å². The summed E-state index contributed by atoms with van der Waals surface area (Å²) in [7, 11) is 1.22. The summed E-state index contributed by atoms with van der Waals surface area (Å²) in [5.41, 5.74) is 0. The highest BCUT2D eigenvalue weighted by Crippen LogP contribution is 2.21. The van der Waals surface area contributed by atoms with E-state index in [4.69, 9.17) is 14.2 Å². The summed E-state index contributed by atoms with van der Waals surface area (Å²) >= 11 is 0. The second-order valence-electron chi connectivity index (χ2n) is 3.89. The number of rotatable bonds is 3. The molecule has 1 saturated heterocycles. The number of carbonyl (C=O) groups is 3. The van der Waals surface area contributed by atoms with Crippen LogP contribution in [0.5, 0.6) is 0 Å². The Kier molecular flexibility index (Phi) is 5.08. The molecule has 1 rings (SSSR count). The van der Waals surface area contributed by atoms with Gasteiger partial charge in [-0.15, -0.1) is 0 Å². The monoisotopic (exact) mass is 260 g/mol. The minimum Gasteiger partial charge on any atom is -0.467 e. The molecule has 0 aromatic heterocycles. The van der Waals surface area contributed by atoms with Crippen LogP contribution in [-0.4, -0.2) is 49.9 Å². The first-order valence-corrected chi connectivity index (χ1v) is 5.48. The zero-order valence-electron chi connectivity index (χ0n) is 10.5. The summed E-state index contributed by atoms with van der Waals surface area (Å²) in [5, 5.41) is 0. The number of hydrogen-bond acceptors (Lipinski definition) is 7. The van der Waals surface area contributed by atoms with Crippen LogP contribution in [0.2, 0.25) is 0 Å². The molecule has 0 spiro atoms. The van der Waals surface area contributed by atoms with E-state index >= 15 is 0 Å². The Morgan fingerprint density at radius 1 is 1.11 bits per heavy atom. The average Bonchev–Trinajstić information content (AvgIpc) is 2.26. The Morgan fingerprint density at radius 3 is 2.22 bits per heavy atom. The van der Waals surface area contributed by atoms with Gasteiger partial charge in [0.15, 0.2) is 6.10 Å². The van der Waals surface area contributed by atoms with Crippen molar-refractivity contribution >= 4 is 17.9 Å². The Hall–Kier alpha value is -1.63. The largest absolute Gasteiger partial charge is 0.467 e. The third-order valence-corrected chi connectivity index (χ3v) is 2.38. The van der Waals surface area contributed by atoms with E-state index in [0.717, 1.165) is 0 Å². The van der Waals surface area contributed by atoms with Crippen molar-refractivity contribution in [3.8, 4) is 0 Å². The Morgan fingerprint density at radius 2 is 1.72 bits per heavy atom. The lowest BCUT2D eigenvalue weighted by Crippen LogP contribution is -2.49. The first kappa shape index (κ1) is 14.4. The van der Waals surface area contributed by atoms with Crippen molar-refractivity contribution in [2.75, 3.05) is 13.7 Å². The lowest BCUT2D eigenvalue weighted by atomic mass is 10.0. The van der Waals surface area contributed by atoms with Gasteiger partial charge in [0, 0.05) is 20.3 Å². The average molecular weight is 260 g/mol. The van der Waals surface area contributed by atoms with Crippen LogP contribution in [0.1, 0.15) is 20.3 Å². The van der Waals surface area contributed by atoms with Gasteiger partial charge in [0.1, 0.15) is 12.2 Å². The predicted octanol–water partition coefficient (Wildman–Crippen LogP) is -0.188. The van der Waals surface area contributed by atoms with Crippen LogP contribution in [0.25, 0.3) is 0 Å². The molecule has 102 valence electrons. The second kappa shape index (κ2) is 6.34. The van der Waals surface area contributed by atoms with Crippen molar-refractivity contribution in [3.63, 3.8) is 0 Å². The minimum atomic E-state index is -0.981. The van der Waals surface area contributed by atoms with Crippen LogP contribution < -0.4 is 0 Å². The molecular formula is C11H16O7. The quantitative estimate of drug-likeness (QED) is 0.513. The van der Waals surface area contributed by atoms with E-state index in [2.05, 4.69) is 4.74 Å². The van der Waals surface area contributed by atoms with Crippen LogP contribution in [0.3, 0.4) is 0 Å². The second-order valence-corrected chi connectivity index (χ2v) is 3.89. The lowest BCUT2D eigenvalue weighted by Gasteiger charge is -2.33. The number of esters is 3. The van der Waals surface area contributed by atoms with Crippen LogP contribution in [-0.2, 0) is 33.3 Å². The molecular weight excluding hydrogens is 244 g/mol. The topological polar surface area (TPSA) is 88.1 Å².